The van der Waals surface area contributed by atoms with Crippen molar-refractivity contribution in [1.29, 1.82) is 0 Å². The van der Waals surface area contributed by atoms with Gasteiger partial charge in [-0.05, 0) is 45.0 Å². The third kappa shape index (κ3) is 4.63. The van der Waals surface area contributed by atoms with Crippen LogP contribution in [0, 0.1) is 5.82 Å². The Hall–Kier alpha value is -1.78. The van der Waals surface area contributed by atoms with Gasteiger partial charge in [0.2, 0.25) is 0 Å². The summed E-state index contributed by atoms with van der Waals surface area (Å²) in [6.07, 6.45) is -0.767. The fraction of sp³-hybridized carbons (Fsp3) is 0.364. The first-order valence-corrected chi connectivity index (χ1v) is 4.77. The van der Waals surface area contributed by atoms with Crippen molar-refractivity contribution in [3.8, 4) is 0 Å². The van der Waals surface area contributed by atoms with Crippen molar-refractivity contribution in [2.75, 3.05) is 0 Å². The highest BCUT2D eigenvalue weighted by Crippen LogP contribution is 2.14. The molecule has 0 aliphatic heterocycles. The van der Waals surface area contributed by atoms with Gasteiger partial charge in [-0.25, -0.2) is 9.18 Å². The molecule has 1 aromatic rings. The van der Waals surface area contributed by atoms with Gasteiger partial charge in [0.05, 0.1) is 5.69 Å². The van der Waals surface area contributed by atoms with E-state index < -0.39 is 11.7 Å². The molecule has 0 heterocycles. The van der Waals surface area contributed by atoms with E-state index in [1.54, 1.807) is 20.8 Å². The number of halogens is 1. The standard InChI is InChI=1S/C11H13FN2O2/c1-11(2,3)16-10(15)14-13-9-6-4-8(12)5-7-9/h4-7H,1-3H3. The lowest BCUT2D eigenvalue weighted by molar-refractivity contribution is 0.0592. The maximum absolute atomic E-state index is 12.5. The van der Waals surface area contributed by atoms with Gasteiger partial charge in [0.15, 0.2) is 0 Å². The number of azo groups is 1. The molecule has 0 saturated heterocycles. The van der Waals surface area contributed by atoms with E-state index >= 15 is 0 Å². The number of rotatable bonds is 1. The van der Waals surface area contributed by atoms with E-state index in [1.165, 1.54) is 24.3 Å². The van der Waals surface area contributed by atoms with Crippen molar-refractivity contribution < 1.29 is 13.9 Å². The molecule has 0 saturated carbocycles. The fourth-order valence-electron chi connectivity index (χ4n) is 0.889. The van der Waals surface area contributed by atoms with Crippen LogP contribution in [0.2, 0.25) is 0 Å². The Labute approximate surface area is 93.1 Å². The van der Waals surface area contributed by atoms with E-state index in [0.29, 0.717) is 5.69 Å². The minimum atomic E-state index is -0.767. The highest BCUT2D eigenvalue weighted by Gasteiger charge is 2.15. The van der Waals surface area contributed by atoms with Crippen molar-refractivity contribution in [3.63, 3.8) is 0 Å². The van der Waals surface area contributed by atoms with Crippen molar-refractivity contribution in [3.05, 3.63) is 30.1 Å². The van der Waals surface area contributed by atoms with Gasteiger partial charge in [-0.1, -0.05) is 5.11 Å². The number of benzene rings is 1. The number of hydrogen-bond donors (Lipinski definition) is 0. The molecule has 0 fully saturated rings. The van der Waals surface area contributed by atoms with Gasteiger partial charge in [0.25, 0.3) is 0 Å². The number of carbonyl (C=O) groups is 1. The molecule has 0 aromatic heterocycles. The van der Waals surface area contributed by atoms with Crippen LogP contribution in [0.3, 0.4) is 0 Å². The molecule has 0 unspecified atom stereocenters. The molecule has 16 heavy (non-hydrogen) atoms. The van der Waals surface area contributed by atoms with Crippen LogP contribution in [-0.2, 0) is 4.74 Å². The number of ether oxygens (including phenoxy) is 1. The molecule has 0 spiro atoms. The van der Waals surface area contributed by atoms with Crippen LogP contribution in [0.4, 0.5) is 14.9 Å². The summed E-state index contributed by atoms with van der Waals surface area (Å²) in [6.45, 7) is 5.20. The molecule has 1 amide bonds. The Bertz CT molecular complexity index is 393. The topological polar surface area (TPSA) is 51.0 Å². The lowest BCUT2D eigenvalue weighted by Gasteiger charge is -2.16. The van der Waals surface area contributed by atoms with Crippen LogP contribution in [0.1, 0.15) is 20.8 Å². The first kappa shape index (κ1) is 12.3. The Morgan fingerprint density at radius 2 is 1.81 bits per heavy atom. The second-order valence-electron chi connectivity index (χ2n) is 4.16. The molecule has 0 bridgehead atoms. The quantitative estimate of drug-likeness (QED) is 0.680. The molecule has 5 heteroatoms. The van der Waals surface area contributed by atoms with Gasteiger partial charge in [-0.2, -0.15) is 0 Å². The summed E-state index contributed by atoms with van der Waals surface area (Å²) in [7, 11) is 0. The normalized spacial score (nSPS) is 11.8. The zero-order valence-electron chi connectivity index (χ0n) is 9.40. The SMILES string of the molecule is CC(C)(C)OC(=O)N=Nc1ccc(F)cc1. The maximum Gasteiger partial charge on any atom is 0.452 e. The Balaban J connectivity index is 2.60. The predicted molar refractivity (Wildman–Crippen MR) is 57.2 cm³/mol. The van der Waals surface area contributed by atoms with Crippen molar-refractivity contribution >= 4 is 11.8 Å². The molecule has 1 rings (SSSR count). The summed E-state index contributed by atoms with van der Waals surface area (Å²) in [5.41, 5.74) is -0.203. The molecule has 0 aliphatic rings. The summed E-state index contributed by atoms with van der Waals surface area (Å²) in [5.74, 6) is -0.365. The monoisotopic (exact) mass is 224 g/mol. The molecule has 86 valence electrons. The van der Waals surface area contributed by atoms with E-state index in [-0.39, 0.29) is 5.82 Å². The largest absolute Gasteiger partial charge is 0.452 e. The number of carbonyl (C=O) groups excluding carboxylic acids is 1. The zero-order chi connectivity index (χ0) is 12.2. The van der Waals surface area contributed by atoms with Crippen LogP contribution in [0.5, 0.6) is 0 Å². The zero-order valence-corrected chi connectivity index (χ0v) is 9.40. The van der Waals surface area contributed by atoms with E-state index in [4.69, 9.17) is 4.74 Å². The van der Waals surface area contributed by atoms with Gasteiger partial charge in [0, 0.05) is 0 Å². The summed E-state index contributed by atoms with van der Waals surface area (Å²) in [6, 6.07) is 5.32. The Morgan fingerprint density at radius 1 is 1.25 bits per heavy atom. The number of nitrogens with zero attached hydrogens (tertiary/aromatic N) is 2. The van der Waals surface area contributed by atoms with Crippen LogP contribution in [0.15, 0.2) is 34.5 Å². The minimum absolute atomic E-state index is 0.365. The Kier molecular flexibility index (Phi) is 3.71. The Morgan fingerprint density at radius 3 is 2.31 bits per heavy atom. The fourth-order valence-corrected chi connectivity index (χ4v) is 0.889. The second kappa shape index (κ2) is 4.83. The van der Waals surface area contributed by atoms with E-state index in [2.05, 4.69) is 10.2 Å². The predicted octanol–water partition coefficient (Wildman–Crippen LogP) is 3.84. The molecule has 0 N–H and O–H groups in total. The van der Waals surface area contributed by atoms with Crippen LogP contribution < -0.4 is 0 Å². The molecular weight excluding hydrogens is 211 g/mol. The summed E-state index contributed by atoms with van der Waals surface area (Å²) >= 11 is 0. The van der Waals surface area contributed by atoms with E-state index in [0.717, 1.165) is 0 Å². The van der Waals surface area contributed by atoms with Crippen molar-refractivity contribution in [1.82, 2.24) is 0 Å². The average Bonchev–Trinajstić information content (AvgIpc) is 2.14. The van der Waals surface area contributed by atoms with Gasteiger partial charge in [0.1, 0.15) is 11.4 Å². The van der Waals surface area contributed by atoms with Gasteiger partial charge in [-0.15, -0.1) is 5.11 Å². The van der Waals surface area contributed by atoms with Crippen LogP contribution >= 0.6 is 0 Å². The van der Waals surface area contributed by atoms with Gasteiger partial charge < -0.3 is 4.74 Å². The van der Waals surface area contributed by atoms with Crippen molar-refractivity contribution in [2.45, 2.75) is 26.4 Å². The van der Waals surface area contributed by atoms with Crippen molar-refractivity contribution in [2.24, 2.45) is 10.2 Å². The lowest BCUT2D eigenvalue weighted by Crippen LogP contribution is -2.21. The highest BCUT2D eigenvalue weighted by molar-refractivity contribution is 5.68. The van der Waals surface area contributed by atoms with Gasteiger partial charge >= 0.3 is 6.09 Å². The number of hydrogen-bond acceptors (Lipinski definition) is 3. The molecule has 1 aromatic carbocycles. The van der Waals surface area contributed by atoms with Crippen LogP contribution in [0.25, 0.3) is 0 Å². The summed E-state index contributed by atoms with van der Waals surface area (Å²) in [4.78, 5) is 11.1. The summed E-state index contributed by atoms with van der Waals surface area (Å²) in [5, 5.41) is 6.97. The maximum atomic E-state index is 12.5. The third-order valence-corrected chi connectivity index (χ3v) is 1.47. The molecule has 0 aliphatic carbocycles. The minimum Gasteiger partial charge on any atom is -0.441 e. The van der Waals surface area contributed by atoms with E-state index in [1.807, 2.05) is 0 Å². The number of amides is 1. The first-order valence-electron chi connectivity index (χ1n) is 4.77. The molecule has 4 nitrogen and oxygen atoms in total. The van der Waals surface area contributed by atoms with E-state index in [9.17, 15) is 9.18 Å². The summed E-state index contributed by atoms with van der Waals surface area (Å²) < 4.78 is 17.5. The molecular formula is C11H13FN2O2. The smallest absolute Gasteiger partial charge is 0.441 e. The third-order valence-electron chi connectivity index (χ3n) is 1.47. The molecule has 0 radical (unpaired) electrons. The average molecular weight is 224 g/mol. The highest BCUT2D eigenvalue weighted by atomic mass is 19.1. The second-order valence-corrected chi connectivity index (χ2v) is 4.16. The van der Waals surface area contributed by atoms with Crippen LogP contribution in [-0.4, -0.2) is 11.7 Å². The lowest BCUT2D eigenvalue weighted by atomic mass is 10.2. The first-order chi connectivity index (χ1) is 7.37. The van der Waals surface area contributed by atoms with Gasteiger partial charge in [-0.3, -0.25) is 0 Å². The molecule has 0 atom stereocenters.